The van der Waals surface area contributed by atoms with Gasteiger partial charge in [0.2, 0.25) is 0 Å². The summed E-state index contributed by atoms with van der Waals surface area (Å²) >= 11 is 0. The molecule has 0 bridgehead atoms. The topological polar surface area (TPSA) is 168 Å². The standard InChI is InChI=1S/C12H16O2.C10H14O.2C2H4O.4CO.2Fe/c1-2-3-4-5-6-7-8-9-10-11-12(13)14;1-2-3-4-5-6-7-8-9-10-11;2*1-2-3;4*1-2;;/h2-7,10-11H,8-9H2,1H3,(H,13,14);2-7,10H,8-9H2,1H3;2*2H,1H3;;;;;;/b3-2+,5-4+,7-6-,11-10+;3-2+,5-4+,7-6-;;;;;;;;. The number of aliphatic carboxylic acids is 1. The number of carbonyl (C=O) groups is 4. The summed E-state index contributed by atoms with van der Waals surface area (Å²) in [6.07, 6.45) is 31.9. The second kappa shape index (κ2) is 109. The van der Waals surface area contributed by atoms with Crippen LogP contribution in [0.2, 0.25) is 0 Å². The molecule has 0 rings (SSSR count). The predicted molar refractivity (Wildman–Crippen MR) is 147 cm³/mol. The summed E-state index contributed by atoms with van der Waals surface area (Å²) < 4.78 is 30.0. The van der Waals surface area contributed by atoms with E-state index in [1.54, 1.807) is 6.08 Å². The van der Waals surface area contributed by atoms with Crippen molar-refractivity contribution in [3.63, 3.8) is 0 Å². The first kappa shape index (κ1) is 66.2. The molecule has 0 aromatic heterocycles. The average molecular weight is 654 g/mol. The predicted octanol–water partition coefficient (Wildman–Crippen LogP) is 6.01. The van der Waals surface area contributed by atoms with Crippen LogP contribution in [0.25, 0.3) is 0 Å². The molecule has 11 heteroatoms. The van der Waals surface area contributed by atoms with Crippen LogP contribution in [0.1, 0.15) is 53.4 Å². The number of hydrogen-bond acceptors (Lipinski definition) is 4. The minimum atomic E-state index is -0.887. The molecule has 9 nitrogen and oxygen atoms in total. The van der Waals surface area contributed by atoms with Crippen molar-refractivity contribution < 1.29 is 77.0 Å². The van der Waals surface area contributed by atoms with Crippen LogP contribution in [-0.4, -0.2) is 29.9 Å². The number of allylic oxidation sites excluding steroid dienone is 13. The number of aldehydes is 3. The maximum atomic E-state index is 10.1. The van der Waals surface area contributed by atoms with Crippen molar-refractivity contribution in [1.82, 2.24) is 0 Å². The Morgan fingerprint density at radius 3 is 1.07 bits per heavy atom. The Labute approximate surface area is 266 Å². The first-order valence-corrected chi connectivity index (χ1v) is 10.8. The van der Waals surface area contributed by atoms with Gasteiger partial charge in [0.15, 0.2) is 0 Å². The van der Waals surface area contributed by atoms with Gasteiger partial charge in [-0.1, -0.05) is 79.0 Å². The summed E-state index contributed by atoms with van der Waals surface area (Å²) in [5.74, 6) is -0.887. The van der Waals surface area contributed by atoms with Gasteiger partial charge in [-0.25, -0.2) is 4.79 Å². The van der Waals surface area contributed by atoms with E-state index >= 15 is 0 Å². The van der Waals surface area contributed by atoms with Gasteiger partial charge in [0.25, 0.3) is 0 Å². The van der Waals surface area contributed by atoms with Gasteiger partial charge in [-0.15, -0.1) is 0 Å². The fraction of sp³-hybridized carbons (Fsp3) is 0.267. The van der Waals surface area contributed by atoms with Crippen molar-refractivity contribution in [3.05, 3.63) is 112 Å². The van der Waals surface area contributed by atoms with Crippen LogP contribution in [0.5, 0.6) is 0 Å². The first-order chi connectivity index (χ1) is 19.0. The molecule has 0 radical (unpaired) electrons. The molecular weight excluding hydrogens is 616 g/mol. The van der Waals surface area contributed by atoms with E-state index in [0.717, 1.165) is 38.1 Å². The Morgan fingerprint density at radius 2 is 0.805 bits per heavy atom. The molecule has 0 unspecified atom stereocenters. The molecule has 0 aliphatic carbocycles. The molecule has 0 aromatic carbocycles. The summed E-state index contributed by atoms with van der Waals surface area (Å²) in [5.41, 5.74) is 0. The number of carboxylic acid groups (broad SMARTS) is 1. The Balaban J connectivity index is -0.0000000396. The normalized spacial score (nSPS) is 8.39. The Morgan fingerprint density at radius 1 is 0.537 bits per heavy atom. The zero-order chi connectivity index (χ0) is 32.4. The Hall–Kier alpha value is -3.34. The third-order valence-corrected chi connectivity index (χ3v) is 2.54. The molecule has 1 N–H and O–H groups in total. The number of carboxylic acids is 1. The zero-order valence-electron chi connectivity index (χ0n) is 23.6. The molecular formula is C30H38Fe2O9. The summed E-state index contributed by atoms with van der Waals surface area (Å²) in [4.78, 5) is 37.6. The monoisotopic (exact) mass is 654 g/mol. The van der Waals surface area contributed by atoms with Crippen LogP contribution in [0.4, 0.5) is 0 Å². The van der Waals surface area contributed by atoms with Crippen molar-refractivity contribution in [2.45, 2.75) is 53.4 Å². The maximum Gasteiger partial charge on any atom is 0 e. The van der Waals surface area contributed by atoms with E-state index in [9.17, 15) is 9.59 Å². The molecule has 0 spiro atoms. The quantitative estimate of drug-likeness (QED) is 0.0547. The molecule has 41 heavy (non-hydrogen) atoms. The number of carbonyl (C=O) groups excluding carboxylic acids is 3. The molecule has 228 valence electrons. The van der Waals surface area contributed by atoms with Gasteiger partial charge in [-0.05, 0) is 47.0 Å². The number of hydrogen-bond donors (Lipinski definition) is 1. The molecule has 0 aliphatic heterocycles. The van der Waals surface area contributed by atoms with Crippen molar-refractivity contribution >= 4 is 24.8 Å². The summed E-state index contributed by atoms with van der Waals surface area (Å²) in [6, 6.07) is 0. The van der Waals surface area contributed by atoms with Crippen molar-refractivity contribution in [3.8, 4) is 0 Å². The molecule has 0 aliphatic rings. The van der Waals surface area contributed by atoms with E-state index in [0.29, 0.717) is 6.42 Å². The second-order valence-electron chi connectivity index (χ2n) is 5.21. The van der Waals surface area contributed by atoms with Crippen molar-refractivity contribution in [2.75, 3.05) is 0 Å². The van der Waals surface area contributed by atoms with Crippen molar-refractivity contribution in [2.24, 2.45) is 0 Å². The number of rotatable bonds is 11. The van der Waals surface area contributed by atoms with Crippen LogP contribution < -0.4 is 0 Å². The van der Waals surface area contributed by atoms with Gasteiger partial charge < -0.3 is 19.5 Å². The van der Waals surface area contributed by atoms with Crippen LogP contribution in [-0.2, 0) is 71.9 Å². The Bertz CT molecular complexity index is 753. The van der Waals surface area contributed by atoms with Gasteiger partial charge in [0.1, 0.15) is 18.9 Å². The van der Waals surface area contributed by atoms with Gasteiger partial charge in [0, 0.05) is 46.6 Å². The van der Waals surface area contributed by atoms with Gasteiger partial charge in [-0.2, -0.15) is 0 Å². The van der Waals surface area contributed by atoms with E-state index in [-0.39, 0.29) is 34.1 Å². The minimum absolute atomic E-state index is 0. The number of unbranched alkanes of at least 4 members (excludes halogenated alkanes) is 2. The second-order valence-corrected chi connectivity index (χ2v) is 5.21. The largest absolute Gasteiger partial charge is 0 e. The SMILES string of the molecule is C/C=C/C=C/C=C\CC/C=C/C(=O)O.C/C=C/C=C/C=C\CCC=O.CC=O.CC=O.[C-]#[O+].[C-]#[O+].[C-]#[O+].[C-]#[O+].[Fe].[Fe]. The summed E-state index contributed by atoms with van der Waals surface area (Å²) in [5, 5.41) is 8.29. The third-order valence-electron chi connectivity index (χ3n) is 2.54. The van der Waals surface area contributed by atoms with E-state index in [4.69, 9.17) is 33.3 Å². The van der Waals surface area contributed by atoms with Crippen LogP contribution >= 0.6 is 0 Å². The van der Waals surface area contributed by atoms with E-state index in [1.165, 1.54) is 19.9 Å². The van der Waals surface area contributed by atoms with Crippen LogP contribution in [0.15, 0.2) is 85.1 Å². The molecule has 0 heterocycles. The molecule has 0 amide bonds. The Kier molecular flexibility index (Phi) is 176. The van der Waals surface area contributed by atoms with Crippen molar-refractivity contribution in [1.29, 1.82) is 0 Å². The van der Waals surface area contributed by atoms with E-state index < -0.39 is 5.97 Å². The first-order valence-electron chi connectivity index (χ1n) is 10.8. The third kappa shape index (κ3) is 180. The molecule has 0 fully saturated rings. The summed E-state index contributed by atoms with van der Waals surface area (Å²) in [6.45, 7) is 24.8. The maximum absolute atomic E-state index is 10.1. The molecule has 0 saturated carbocycles. The smallest absolute Gasteiger partial charge is 0 e. The minimum Gasteiger partial charge on any atom is 0 e. The van der Waals surface area contributed by atoms with Crippen LogP contribution in [0.3, 0.4) is 0 Å². The molecule has 0 atom stereocenters. The fourth-order valence-corrected chi connectivity index (χ4v) is 1.37. The zero-order valence-corrected chi connectivity index (χ0v) is 25.8. The summed E-state index contributed by atoms with van der Waals surface area (Å²) in [7, 11) is 0. The molecule has 0 aromatic rings. The van der Waals surface area contributed by atoms with E-state index in [2.05, 4.69) is 26.6 Å². The average Bonchev–Trinajstić information content (AvgIpc) is 2.97. The van der Waals surface area contributed by atoms with E-state index in [1.807, 2.05) is 86.8 Å². The van der Waals surface area contributed by atoms with Gasteiger partial charge >= 0.3 is 51.2 Å². The fourth-order valence-electron chi connectivity index (χ4n) is 1.37. The van der Waals surface area contributed by atoms with Gasteiger partial charge in [0.05, 0.1) is 0 Å². The molecule has 0 saturated heterocycles. The van der Waals surface area contributed by atoms with Crippen LogP contribution in [0, 0.1) is 26.6 Å². The van der Waals surface area contributed by atoms with Gasteiger partial charge in [-0.3, -0.25) is 0 Å².